The second-order valence-electron chi connectivity index (χ2n) is 6.28. The Kier molecular flexibility index (Phi) is 4.30. The SMILES string of the molecule is CC1(C)CCCOC(C=O)C(C2COC(C)(C)O2)O1. The van der Waals surface area contributed by atoms with Crippen LogP contribution >= 0.6 is 0 Å². The summed E-state index contributed by atoms with van der Waals surface area (Å²) in [5.74, 6) is -0.631. The van der Waals surface area contributed by atoms with E-state index in [4.69, 9.17) is 18.9 Å². The first-order chi connectivity index (χ1) is 8.83. The largest absolute Gasteiger partial charge is 0.368 e. The van der Waals surface area contributed by atoms with Gasteiger partial charge in [-0.25, -0.2) is 0 Å². The Morgan fingerprint density at radius 3 is 2.47 bits per heavy atom. The molecule has 2 heterocycles. The van der Waals surface area contributed by atoms with Crippen LogP contribution in [0, 0.1) is 0 Å². The molecular weight excluding hydrogens is 248 g/mol. The Hall–Kier alpha value is -0.490. The fourth-order valence-electron chi connectivity index (χ4n) is 2.59. The number of rotatable bonds is 2. The Morgan fingerprint density at radius 2 is 1.89 bits per heavy atom. The van der Waals surface area contributed by atoms with E-state index in [1.54, 1.807) is 0 Å². The summed E-state index contributed by atoms with van der Waals surface area (Å²) < 4.78 is 23.1. The molecule has 19 heavy (non-hydrogen) atoms. The summed E-state index contributed by atoms with van der Waals surface area (Å²) in [6.07, 6.45) is 1.30. The van der Waals surface area contributed by atoms with E-state index in [1.807, 2.05) is 27.7 Å². The van der Waals surface area contributed by atoms with E-state index >= 15 is 0 Å². The summed E-state index contributed by atoms with van der Waals surface area (Å²) in [7, 11) is 0. The number of hydrogen-bond donors (Lipinski definition) is 0. The zero-order chi connectivity index (χ0) is 14.1. The third-order valence-electron chi connectivity index (χ3n) is 3.54. The first-order valence-electron chi connectivity index (χ1n) is 6.89. The molecule has 2 rings (SSSR count). The minimum atomic E-state index is -0.631. The molecule has 0 aromatic rings. The number of hydrogen-bond acceptors (Lipinski definition) is 5. The molecule has 0 amide bonds. The van der Waals surface area contributed by atoms with Gasteiger partial charge in [-0.3, -0.25) is 0 Å². The van der Waals surface area contributed by atoms with Gasteiger partial charge in [0.25, 0.3) is 0 Å². The van der Waals surface area contributed by atoms with Crippen LogP contribution in [0.15, 0.2) is 0 Å². The Labute approximate surface area is 114 Å². The van der Waals surface area contributed by atoms with Gasteiger partial charge < -0.3 is 23.7 Å². The summed E-state index contributed by atoms with van der Waals surface area (Å²) >= 11 is 0. The van der Waals surface area contributed by atoms with Crippen molar-refractivity contribution in [2.75, 3.05) is 13.2 Å². The molecule has 2 aliphatic heterocycles. The minimum Gasteiger partial charge on any atom is -0.368 e. The van der Waals surface area contributed by atoms with Crippen molar-refractivity contribution in [3.8, 4) is 0 Å². The Morgan fingerprint density at radius 1 is 1.16 bits per heavy atom. The molecule has 2 aliphatic rings. The minimum absolute atomic E-state index is 0.275. The maximum absolute atomic E-state index is 11.3. The van der Waals surface area contributed by atoms with Gasteiger partial charge in [0, 0.05) is 6.61 Å². The molecule has 5 nitrogen and oxygen atoms in total. The zero-order valence-electron chi connectivity index (χ0n) is 12.2. The zero-order valence-corrected chi connectivity index (χ0v) is 12.2. The first-order valence-corrected chi connectivity index (χ1v) is 6.89. The van der Waals surface area contributed by atoms with Crippen LogP contribution in [0.4, 0.5) is 0 Å². The van der Waals surface area contributed by atoms with E-state index in [9.17, 15) is 4.79 Å². The molecule has 0 aliphatic carbocycles. The van der Waals surface area contributed by atoms with Crippen LogP contribution in [-0.2, 0) is 23.7 Å². The van der Waals surface area contributed by atoms with E-state index in [0.717, 1.165) is 19.1 Å². The number of ether oxygens (including phenoxy) is 4. The number of carbonyl (C=O) groups excluding carboxylic acids is 1. The summed E-state index contributed by atoms with van der Waals surface area (Å²) in [6.45, 7) is 8.78. The summed E-state index contributed by atoms with van der Waals surface area (Å²) in [5, 5.41) is 0. The predicted octanol–water partition coefficient (Wildman–Crippen LogP) is 1.68. The second-order valence-corrected chi connectivity index (χ2v) is 6.28. The van der Waals surface area contributed by atoms with Gasteiger partial charge in [-0.05, 0) is 40.5 Å². The fourth-order valence-corrected chi connectivity index (χ4v) is 2.59. The highest BCUT2D eigenvalue weighted by molar-refractivity contribution is 5.57. The lowest BCUT2D eigenvalue weighted by molar-refractivity contribution is -0.207. The molecule has 0 saturated carbocycles. The molecule has 0 bridgehead atoms. The molecule has 0 N–H and O–H groups in total. The lowest BCUT2D eigenvalue weighted by atomic mass is 9.99. The molecule has 0 aromatic heterocycles. The van der Waals surface area contributed by atoms with Gasteiger partial charge in [-0.1, -0.05) is 0 Å². The van der Waals surface area contributed by atoms with Crippen molar-refractivity contribution in [2.24, 2.45) is 0 Å². The van der Waals surface area contributed by atoms with E-state index in [0.29, 0.717) is 13.2 Å². The van der Waals surface area contributed by atoms with Gasteiger partial charge in [-0.2, -0.15) is 0 Å². The van der Waals surface area contributed by atoms with Gasteiger partial charge in [0.2, 0.25) is 0 Å². The molecule has 0 spiro atoms. The Bertz CT molecular complexity index is 326. The summed E-state index contributed by atoms with van der Waals surface area (Å²) in [4.78, 5) is 11.3. The normalized spacial score (nSPS) is 38.4. The van der Waals surface area contributed by atoms with E-state index < -0.39 is 18.0 Å². The molecule has 5 heteroatoms. The highest BCUT2D eigenvalue weighted by Crippen LogP contribution is 2.31. The molecule has 3 atom stereocenters. The van der Waals surface area contributed by atoms with E-state index in [1.165, 1.54) is 0 Å². The third kappa shape index (κ3) is 3.75. The van der Waals surface area contributed by atoms with Crippen molar-refractivity contribution in [2.45, 2.75) is 70.2 Å². The molecule has 2 saturated heterocycles. The molecular formula is C14H24O5. The van der Waals surface area contributed by atoms with Crippen molar-refractivity contribution in [1.82, 2.24) is 0 Å². The quantitative estimate of drug-likeness (QED) is 0.716. The molecule has 2 fully saturated rings. The summed E-state index contributed by atoms with van der Waals surface area (Å²) in [6, 6.07) is 0. The van der Waals surface area contributed by atoms with E-state index in [-0.39, 0.29) is 11.7 Å². The Balaban J connectivity index is 2.14. The van der Waals surface area contributed by atoms with Crippen molar-refractivity contribution < 1.29 is 23.7 Å². The third-order valence-corrected chi connectivity index (χ3v) is 3.54. The maximum atomic E-state index is 11.3. The molecule has 0 aromatic carbocycles. The van der Waals surface area contributed by atoms with Gasteiger partial charge in [0.15, 0.2) is 12.1 Å². The van der Waals surface area contributed by atoms with Crippen LogP contribution in [0.5, 0.6) is 0 Å². The second kappa shape index (κ2) is 5.48. The first kappa shape index (κ1) is 14.9. The van der Waals surface area contributed by atoms with Crippen LogP contribution in [0.25, 0.3) is 0 Å². The lowest BCUT2D eigenvalue weighted by Gasteiger charge is -2.38. The number of aldehydes is 1. The van der Waals surface area contributed by atoms with Crippen LogP contribution in [0.2, 0.25) is 0 Å². The average Bonchev–Trinajstić information content (AvgIpc) is 2.65. The molecule has 0 radical (unpaired) electrons. The topological polar surface area (TPSA) is 54.0 Å². The highest BCUT2D eigenvalue weighted by Gasteiger charge is 2.44. The standard InChI is InChI=1S/C14H24O5/c1-13(2)6-5-7-16-10(8-15)12(19-13)11-9-17-14(3,4)18-11/h8,10-12H,5-7,9H2,1-4H3. The van der Waals surface area contributed by atoms with Crippen molar-refractivity contribution >= 4 is 6.29 Å². The van der Waals surface area contributed by atoms with Gasteiger partial charge in [0.1, 0.15) is 18.3 Å². The van der Waals surface area contributed by atoms with Gasteiger partial charge >= 0.3 is 0 Å². The van der Waals surface area contributed by atoms with Gasteiger partial charge in [0.05, 0.1) is 12.2 Å². The average molecular weight is 272 g/mol. The van der Waals surface area contributed by atoms with Crippen LogP contribution in [0.3, 0.4) is 0 Å². The van der Waals surface area contributed by atoms with Crippen molar-refractivity contribution in [3.63, 3.8) is 0 Å². The number of carbonyl (C=O) groups is 1. The highest BCUT2D eigenvalue weighted by atomic mass is 16.8. The van der Waals surface area contributed by atoms with Crippen LogP contribution in [-0.4, -0.2) is 49.2 Å². The van der Waals surface area contributed by atoms with E-state index in [2.05, 4.69) is 0 Å². The summed E-state index contributed by atoms with van der Waals surface area (Å²) in [5.41, 5.74) is -0.286. The monoisotopic (exact) mass is 272 g/mol. The molecule has 3 unspecified atom stereocenters. The van der Waals surface area contributed by atoms with Crippen LogP contribution < -0.4 is 0 Å². The maximum Gasteiger partial charge on any atom is 0.163 e. The van der Waals surface area contributed by atoms with Crippen molar-refractivity contribution in [3.05, 3.63) is 0 Å². The molecule has 110 valence electrons. The van der Waals surface area contributed by atoms with Crippen molar-refractivity contribution in [1.29, 1.82) is 0 Å². The smallest absolute Gasteiger partial charge is 0.163 e. The van der Waals surface area contributed by atoms with Gasteiger partial charge in [-0.15, -0.1) is 0 Å². The fraction of sp³-hybridized carbons (Fsp3) is 0.929. The lowest BCUT2D eigenvalue weighted by Crippen LogP contribution is -2.49. The predicted molar refractivity (Wildman–Crippen MR) is 68.9 cm³/mol. The van der Waals surface area contributed by atoms with Crippen LogP contribution in [0.1, 0.15) is 40.5 Å².